The highest BCUT2D eigenvalue weighted by Gasteiger charge is 2.24. The number of aromatic nitrogens is 3. The van der Waals surface area contributed by atoms with E-state index in [2.05, 4.69) is 15.3 Å². The Morgan fingerprint density at radius 2 is 2.25 bits per heavy atom. The van der Waals surface area contributed by atoms with Crippen LogP contribution < -0.4 is 5.32 Å². The average Bonchev–Trinajstić information content (AvgIpc) is 3.15. The molecule has 24 heavy (non-hydrogen) atoms. The maximum atomic E-state index is 11.3. The number of carboxylic acid groups (broad SMARTS) is 1. The van der Waals surface area contributed by atoms with Crippen molar-refractivity contribution in [1.82, 2.24) is 15.0 Å². The lowest BCUT2D eigenvalue weighted by Gasteiger charge is -2.13. The summed E-state index contributed by atoms with van der Waals surface area (Å²) in [6, 6.07) is 3.02. The van der Waals surface area contributed by atoms with E-state index in [1.54, 1.807) is 30.7 Å². The summed E-state index contributed by atoms with van der Waals surface area (Å²) < 4.78 is 0. The molecule has 0 saturated carbocycles. The minimum absolute atomic E-state index is 0.565. The van der Waals surface area contributed by atoms with Crippen molar-refractivity contribution >= 4 is 33.3 Å². The van der Waals surface area contributed by atoms with Gasteiger partial charge in [-0.15, -0.1) is 11.3 Å². The minimum Gasteiger partial charge on any atom is -0.480 e. The van der Waals surface area contributed by atoms with Gasteiger partial charge in [-0.2, -0.15) is 0 Å². The van der Waals surface area contributed by atoms with Gasteiger partial charge in [0.2, 0.25) is 0 Å². The van der Waals surface area contributed by atoms with Crippen molar-refractivity contribution < 1.29 is 9.90 Å². The number of nitrogens with one attached hydrogen (secondary N) is 1. The smallest absolute Gasteiger partial charge is 0.325 e. The monoisotopic (exact) mass is 340 g/mol. The summed E-state index contributed by atoms with van der Waals surface area (Å²) in [5, 5.41) is 13.3. The van der Waals surface area contributed by atoms with Gasteiger partial charge in [0.15, 0.2) is 5.82 Å². The number of rotatable bonds is 4. The zero-order valence-electron chi connectivity index (χ0n) is 13.1. The molecule has 2 N–H and O–H groups in total. The SMILES string of the molecule is CC(Nc1nc(-c2cccnc2)nc2sc3c(c12)CCC3)C(=O)O. The van der Waals surface area contributed by atoms with Crippen LogP contribution in [0.25, 0.3) is 21.6 Å². The van der Waals surface area contributed by atoms with Gasteiger partial charge in [0.05, 0.1) is 5.39 Å². The molecule has 3 aromatic heterocycles. The van der Waals surface area contributed by atoms with Gasteiger partial charge in [-0.3, -0.25) is 9.78 Å². The number of hydrogen-bond acceptors (Lipinski definition) is 6. The van der Waals surface area contributed by atoms with Gasteiger partial charge in [0.1, 0.15) is 16.7 Å². The van der Waals surface area contributed by atoms with Crippen molar-refractivity contribution in [3.8, 4) is 11.4 Å². The van der Waals surface area contributed by atoms with Crippen LogP contribution in [0.3, 0.4) is 0 Å². The third-order valence-electron chi connectivity index (χ3n) is 4.21. The summed E-state index contributed by atoms with van der Waals surface area (Å²) in [4.78, 5) is 27.0. The molecule has 3 heterocycles. The number of carboxylic acids is 1. The Morgan fingerprint density at radius 1 is 1.38 bits per heavy atom. The van der Waals surface area contributed by atoms with Crippen LogP contribution in [-0.4, -0.2) is 32.1 Å². The first kappa shape index (κ1) is 15.0. The average molecular weight is 340 g/mol. The molecular weight excluding hydrogens is 324 g/mol. The standard InChI is InChI=1S/C17H16N4O2S/c1-9(17(22)23)19-15-13-11-5-2-6-12(11)24-16(13)21-14(20-15)10-4-3-7-18-8-10/h3-4,7-9H,2,5-6H2,1H3,(H,22,23)(H,19,20,21). The fourth-order valence-corrected chi connectivity index (χ4v) is 4.25. The summed E-state index contributed by atoms with van der Waals surface area (Å²) in [7, 11) is 0. The number of anilines is 1. The predicted molar refractivity (Wildman–Crippen MR) is 93.4 cm³/mol. The van der Waals surface area contributed by atoms with E-state index in [1.807, 2.05) is 12.1 Å². The molecule has 4 rings (SSSR count). The topological polar surface area (TPSA) is 88.0 Å². The van der Waals surface area contributed by atoms with Crippen molar-refractivity contribution in [3.05, 3.63) is 35.0 Å². The van der Waals surface area contributed by atoms with Crippen molar-refractivity contribution in [3.63, 3.8) is 0 Å². The molecule has 0 aromatic carbocycles. The van der Waals surface area contributed by atoms with Gasteiger partial charge in [0, 0.05) is 22.8 Å². The molecule has 1 aliphatic rings. The normalized spacial score (nSPS) is 14.5. The van der Waals surface area contributed by atoms with Crippen molar-refractivity contribution in [2.45, 2.75) is 32.2 Å². The molecule has 0 bridgehead atoms. The van der Waals surface area contributed by atoms with Crippen LogP contribution in [0, 0.1) is 0 Å². The molecule has 0 aliphatic heterocycles. The molecule has 7 heteroatoms. The first-order valence-electron chi connectivity index (χ1n) is 7.85. The van der Waals surface area contributed by atoms with Gasteiger partial charge in [-0.05, 0) is 43.9 Å². The minimum atomic E-state index is -0.906. The largest absolute Gasteiger partial charge is 0.480 e. The fraction of sp³-hybridized carbons (Fsp3) is 0.294. The van der Waals surface area contributed by atoms with E-state index in [4.69, 9.17) is 4.98 Å². The molecule has 0 saturated heterocycles. The Kier molecular flexibility index (Phi) is 3.65. The Hall–Kier alpha value is -2.54. The number of aryl methyl sites for hydroxylation is 2. The summed E-state index contributed by atoms with van der Waals surface area (Å²) >= 11 is 1.69. The zero-order valence-corrected chi connectivity index (χ0v) is 13.9. The second-order valence-electron chi connectivity index (χ2n) is 5.88. The predicted octanol–water partition coefficient (Wildman–Crippen LogP) is 3.13. The van der Waals surface area contributed by atoms with Gasteiger partial charge < -0.3 is 10.4 Å². The van der Waals surface area contributed by atoms with Gasteiger partial charge >= 0.3 is 5.97 Å². The van der Waals surface area contributed by atoms with Crippen LogP contribution in [0.5, 0.6) is 0 Å². The first-order valence-corrected chi connectivity index (χ1v) is 8.67. The maximum absolute atomic E-state index is 11.3. The van der Waals surface area contributed by atoms with Gasteiger partial charge in [-0.1, -0.05) is 0 Å². The lowest BCUT2D eigenvalue weighted by Crippen LogP contribution is -2.26. The Balaban J connectivity index is 1.90. The number of carbonyl (C=O) groups is 1. The van der Waals surface area contributed by atoms with E-state index < -0.39 is 12.0 Å². The third kappa shape index (κ3) is 2.50. The number of hydrogen-bond donors (Lipinski definition) is 2. The van der Waals surface area contributed by atoms with Crippen LogP contribution >= 0.6 is 11.3 Å². The van der Waals surface area contributed by atoms with Crippen molar-refractivity contribution in [2.75, 3.05) is 5.32 Å². The van der Waals surface area contributed by atoms with Crippen LogP contribution in [0.2, 0.25) is 0 Å². The molecule has 1 aliphatic carbocycles. The molecule has 3 aromatic rings. The van der Waals surface area contributed by atoms with E-state index in [-0.39, 0.29) is 0 Å². The zero-order chi connectivity index (χ0) is 16.7. The molecule has 1 atom stereocenters. The number of thiophene rings is 1. The van der Waals surface area contributed by atoms with Crippen LogP contribution in [0.15, 0.2) is 24.5 Å². The quantitative estimate of drug-likeness (QED) is 0.759. The lowest BCUT2D eigenvalue weighted by atomic mass is 10.1. The summed E-state index contributed by atoms with van der Waals surface area (Å²) in [6.45, 7) is 1.62. The number of nitrogens with zero attached hydrogens (tertiary/aromatic N) is 3. The number of pyridine rings is 1. The van der Waals surface area contributed by atoms with E-state index in [0.29, 0.717) is 11.6 Å². The molecule has 0 fully saturated rings. The maximum Gasteiger partial charge on any atom is 0.325 e. The van der Waals surface area contributed by atoms with Crippen molar-refractivity contribution in [1.29, 1.82) is 0 Å². The van der Waals surface area contributed by atoms with E-state index >= 15 is 0 Å². The Bertz CT molecular complexity index is 923. The second kappa shape index (κ2) is 5.83. The lowest BCUT2D eigenvalue weighted by molar-refractivity contribution is -0.137. The first-order chi connectivity index (χ1) is 11.6. The van der Waals surface area contributed by atoms with Gasteiger partial charge in [-0.25, -0.2) is 9.97 Å². The molecule has 1 unspecified atom stereocenters. The van der Waals surface area contributed by atoms with Crippen LogP contribution in [0.1, 0.15) is 23.8 Å². The highest BCUT2D eigenvalue weighted by molar-refractivity contribution is 7.19. The van der Waals surface area contributed by atoms with Crippen molar-refractivity contribution in [2.24, 2.45) is 0 Å². The van der Waals surface area contributed by atoms with Gasteiger partial charge in [0.25, 0.3) is 0 Å². The Morgan fingerprint density at radius 3 is 3.00 bits per heavy atom. The second-order valence-corrected chi connectivity index (χ2v) is 6.96. The molecule has 122 valence electrons. The van der Waals surface area contributed by atoms with E-state index in [0.717, 1.165) is 35.0 Å². The van der Waals surface area contributed by atoms with Crippen LogP contribution in [-0.2, 0) is 17.6 Å². The fourth-order valence-electron chi connectivity index (χ4n) is 2.99. The number of aliphatic carboxylic acids is 1. The van der Waals surface area contributed by atoms with E-state index in [9.17, 15) is 9.90 Å². The van der Waals surface area contributed by atoms with E-state index in [1.165, 1.54) is 10.4 Å². The summed E-state index contributed by atoms with van der Waals surface area (Å²) in [5.41, 5.74) is 2.09. The molecule has 0 spiro atoms. The highest BCUT2D eigenvalue weighted by Crippen LogP contribution is 2.40. The summed E-state index contributed by atoms with van der Waals surface area (Å²) in [5.74, 6) is 0.264. The van der Waals surface area contributed by atoms with Crippen LogP contribution in [0.4, 0.5) is 5.82 Å². The molecule has 6 nitrogen and oxygen atoms in total. The summed E-state index contributed by atoms with van der Waals surface area (Å²) in [6.07, 6.45) is 6.61. The third-order valence-corrected chi connectivity index (χ3v) is 5.39. The number of fused-ring (bicyclic) bond motifs is 3. The molecule has 0 radical (unpaired) electrons. The molecule has 0 amide bonds. The highest BCUT2D eigenvalue weighted by atomic mass is 32.1. The molecular formula is C17H16N4O2S. The Labute approximate surface area is 142 Å².